The number of hydrogen-bond donors (Lipinski definition) is 1. The third-order valence-corrected chi connectivity index (χ3v) is 3.56. The quantitative estimate of drug-likeness (QED) is 0.817. The first kappa shape index (κ1) is 10.1. The fraction of sp³-hybridized carbons (Fsp3) is 0.700. The van der Waals surface area contributed by atoms with Gasteiger partial charge in [-0.1, -0.05) is 0 Å². The lowest BCUT2D eigenvalue weighted by Crippen LogP contribution is -2.40. The van der Waals surface area contributed by atoms with E-state index in [2.05, 4.69) is 22.2 Å². The summed E-state index contributed by atoms with van der Waals surface area (Å²) in [6, 6.07) is 0.736. The lowest BCUT2D eigenvalue weighted by Gasteiger charge is -2.30. The van der Waals surface area contributed by atoms with Crippen LogP contribution in [0.2, 0.25) is 0 Å². The predicted octanol–water partition coefficient (Wildman–Crippen LogP) is 1.33. The molecule has 0 aliphatic carbocycles. The van der Waals surface area contributed by atoms with E-state index in [1.807, 2.05) is 11.6 Å². The molecule has 0 aromatic carbocycles. The van der Waals surface area contributed by atoms with E-state index in [4.69, 9.17) is 0 Å². The van der Waals surface area contributed by atoms with Crippen molar-refractivity contribution in [1.82, 2.24) is 15.2 Å². The Bertz CT molecular complexity index is 254. The van der Waals surface area contributed by atoms with E-state index in [0.717, 1.165) is 25.7 Å². The van der Waals surface area contributed by atoms with Gasteiger partial charge < -0.3 is 5.32 Å². The summed E-state index contributed by atoms with van der Waals surface area (Å²) >= 11 is 1.75. The van der Waals surface area contributed by atoms with E-state index < -0.39 is 0 Å². The molecule has 0 spiro atoms. The van der Waals surface area contributed by atoms with Gasteiger partial charge in [-0.3, -0.25) is 4.90 Å². The second kappa shape index (κ2) is 4.87. The molecule has 1 aliphatic heterocycles. The van der Waals surface area contributed by atoms with Gasteiger partial charge in [-0.25, -0.2) is 4.98 Å². The van der Waals surface area contributed by atoms with Crippen LogP contribution >= 0.6 is 11.3 Å². The highest BCUT2D eigenvalue weighted by Gasteiger charge is 2.17. The highest BCUT2D eigenvalue weighted by molar-refractivity contribution is 7.09. The summed E-state index contributed by atoms with van der Waals surface area (Å²) in [4.78, 5) is 6.74. The van der Waals surface area contributed by atoms with Crippen LogP contribution in [0.25, 0.3) is 0 Å². The molecule has 14 heavy (non-hydrogen) atoms. The SMILES string of the molecule is CN(Cc1nccs1)C1CCNCC1. The number of rotatable bonds is 3. The minimum atomic E-state index is 0.736. The summed E-state index contributed by atoms with van der Waals surface area (Å²) in [5, 5.41) is 6.66. The zero-order valence-electron chi connectivity index (χ0n) is 8.57. The van der Waals surface area contributed by atoms with Gasteiger partial charge in [0.15, 0.2) is 0 Å². The smallest absolute Gasteiger partial charge is 0.107 e. The van der Waals surface area contributed by atoms with Gasteiger partial charge in [-0.15, -0.1) is 11.3 Å². The monoisotopic (exact) mass is 211 g/mol. The van der Waals surface area contributed by atoms with E-state index in [1.165, 1.54) is 17.8 Å². The normalized spacial score (nSPS) is 19.0. The van der Waals surface area contributed by atoms with Crippen LogP contribution in [0.3, 0.4) is 0 Å². The third-order valence-electron chi connectivity index (χ3n) is 2.80. The summed E-state index contributed by atoms with van der Waals surface area (Å²) in [6.07, 6.45) is 4.42. The average Bonchev–Trinajstić information content (AvgIpc) is 2.72. The van der Waals surface area contributed by atoms with Gasteiger partial charge in [0.25, 0.3) is 0 Å². The lowest BCUT2D eigenvalue weighted by molar-refractivity contribution is 0.191. The number of thiazole rings is 1. The Hall–Kier alpha value is -0.450. The fourth-order valence-corrected chi connectivity index (χ4v) is 2.60. The lowest BCUT2D eigenvalue weighted by atomic mass is 10.1. The van der Waals surface area contributed by atoms with E-state index >= 15 is 0 Å². The summed E-state index contributed by atoms with van der Waals surface area (Å²) in [7, 11) is 2.21. The molecule has 4 heteroatoms. The van der Waals surface area contributed by atoms with Crippen LogP contribution in [0.1, 0.15) is 17.8 Å². The molecule has 0 saturated carbocycles. The second-order valence-corrected chi connectivity index (χ2v) is 4.80. The zero-order chi connectivity index (χ0) is 9.80. The molecular formula is C10H17N3S. The molecule has 1 saturated heterocycles. The largest absolute Gasteiger partial charge is 0.317 e. The molecule has 2 rings (SSSR count). The molecule has 0 bridgehead atoms. The van der Waals surface area contributed by atoms with Gasteiger partial charge in [0.05, 0.1) is 6.54 Å². The van der Waals surface area contributed by atoms with Crippen molar-refractivity contribution in [1.29, 1.82) is 0 Å². The Balaban J connectivity index is 1.85. The van der Waals surface area contributed by atoms with Gasteiger partial charge in [0.2, 0.25) is 0 Å². The Morgan fingerprint density at radius 1 is 1.57 bits per heavy atom. The Kier molecular flexibility index (Phi) is 3.50. The number of aromatic nitrogens is 1. The Labute approximate surface area is 89.1 Å². The highest BCUT2D eigenvalue weighted by atomic mass is 32.1. The molecule has 1 aromatic heterocycles. The highest BCUT2D eigenvalue weighted by Crippen LogP contribution is 2.14. The number of nitrogens with zero attached hydrogens (tertiary/aromatic N) is 2. The van der Waals surface area contributed by atoms with Crippen molar-refractivity contribution in [3.05, 3.63) is 16.6 Å². The van der Waals surface area contributed by atoms with Gasteiger partial charge >= 0.3 is 0 Å². The summed E-state index contributed by atoms with van der Waals surface area (Å²) in [6.45, 7) is 3.32. The molecule has 2 heterocycles. The summed E-state index contributed by atoms with van der Waals surface area (Å²) in [5.41, 5.74) is 0. The molecular weight excluding hydrogens is 194 g/mol. The standard InChI is InChI=1S/C10H17N3S/c1-13(8-10-12-6-7-14-10)9-2-4-11-5-3-9/h6-7,9,11H,2-5,8H2,1H3. The minimum absolute atomic E-state index is 0.736. The first-order valence-corrected chi connectivity index (χ1v) is 6.03. The molecule has 1 N–H and O–H groups in total. The number of hydrogen-bond acceptors (Lipinski definition) is 4. The maximum absolute atomic E-state index is 4.31. The molecule has 1 fully saturated rings. The van der Waals surface area contributed by atoms with E-state index in [1.54, 1.807) is 11.3 Å². The van der Waals surface area contributed by atoms with Crippen LogP contribution in [-0.4, -0.2) is 36.1 Å². The Morgan fingerprint density at radius 2 is 2.36 bits per heavy atom. The molecule has 0 amide bonds. The zero-order valence-corrected chi connectivity index (χ0v) is 9.39. The molecule has 78 valence electrons. The van der Waals surface area contributed by atoms with Crippen LogP contribution < -0.4 is 5.32 Å². The topological polar surface area (TPSA) is 28.2 Å². The predicted molar refractivity (Wildman–Crippen MR) is 59.5 cm³/mol. The van der Waals surface area contributed by atoms with E-state index in [0.29, 0.717) is 0 Å². The van der Waals surface area contributed by atoms with Crippen molar-refractivity contribution < 1.29 is 0 Å². The van der Waals surface area contributed by atoms with Crippen LogP contribution in [0.4, 0.5) is 0 Å². The Morgan fingerprint density at radius 3 is 3.00 bits per heavy atom. The molecule has 0 unspecified atom stereocenters. The number of piperidine rings is 1. The van der Waals surface area contributed by atoms with Crippen LogP contribution in [0, 0.1) is 0 Å². The molecule has 1 aliphatic rings. The fourth-order valence-electron chi connectivity index (χ4n) is 1.92. The third kappa shape index (κ3) is 2.53. The van der Waals surface area contributed by atoms with Crippen molar-refractivity contribution in [3.8, 4) is 0 Å². The van der Waals surface area contributed by atoms with Crippen molar-refractivity contribution >= 4 is 11.3 Å². The van der Waals surface area contributed by atoms with Gasteiger partial charge in [0, 0.05) is 17.6 Å². The number of nitrogens with one attached hydrogen (secondary N) is 1. The first-order chi connectivity index (χ1) is 6.86. The van der Waals surface area contributed by atoms with Gasteiger partial charge in [-0.05, 0) is 33.0 Å². The van der Waals surface area contributed by atoms with Crippen molar-refractivity contribution in [3.63, 3.8) is 0 Å². The van der Waals surface area contributed by atoms with Crippen LogP contribution in [0.15, 0.2) is 11.6 Å². The summed E-state index contributed by atoms with van der Waals surface area (Å²) < 4.78 is 0. The van der Waals surface area contributed by atoms with Crippen molar-refractivity contribution in [2.45, 2.75) is 25.4 Å². The van der Waals surface area contributed by atoms with Crippen molar-refractivity contribution in [2.75, 3.05) is 20.1 Å². The molecule has 1 aromatic rings. The minimum Gasteiger partial charge on any atom is -0.317 e. The van der Waals surface area contributed by atoms with Crippen LogP contribution in [0.5, 0.6) is 0 Å². The van der Waals surface area contributed by atoms with E-state index in [-0.39, 0.29) is 0 Å². The molecule has 0 atom stereocenters. The van der Waals surface area contributed by atoms with Crippen LogP contribution in [-0.2, 0) is 6.54 Å². The van der Waals surface area contributed by atoms with Crippen molar-refractivity contribution in [2.24, 2.45) is 0 Å². The van der Waals surface area contributed by atoms with Gasteiger partial charge in [-0.2, -0.15) is 0 Å². The summed E-state index contributed by atoms with van der Waals surface area (Å²) in [5.74, 6) is 0. The second-order valence-electron chi connectivity index (χ2n) is 3.82. The molecule has 3 nitrogen and oxygen atoms in total. The molecule has 0 radical (unpaired) electrons. The van der Waals surface area contributed by atoms with Gasteiger partial charge in [0.1, 0.15) is 5.01 Å². The average molecular weight is 211 g/mol. The first-order valence-electron chi connectivity index (χ1n) is 5.15. The maximum atomic E-state index is 4.31. The van der Waals surface area contributed by atoms with E-state index in [9.17, 15) is 0 Å². The maximum Gasteiger partial charge on any atom is 0.107 e.